The van der Waals surface area contributed by atoms with E-state index in [2.05, 4.69) is 18.7 Å². The summed E-state index contributed by atoms with van der Waals surface area (Å²) in [5.41, 5.74) is 7.93. The van der Waals surface area contributed by atoms with E-state index in [4.69, 9.17) is 5.73 Å². The predicted molar refractivity (Wildman–Crippen MR) is 72.8 cm³/mol. The van der Waals surface area contributed by atoms with Crippen LogP contribution in [0.25, 0.3) is 0 Å². The van der Waals surface area contributed by atoms with Gasteiger partial charge in [0.15, 0.2) is 0 Å². The van der Waals surface area contributed by atoms with Crippen molar-refractivity contribution in [3.63, 3.8) is 0 Å². The lowest BCUT2D eigenvalue weighted by molar-refractivity contribution is 0.303. The minimum absolute atomic E-state index is 0.0707. The number of aryl methyl sites for hydroxylation is 1. The zero-order valence-electron chi connectivity index (χ0n) is 11.3. The second-order valence-corrected chi connectivity index (χ2v) is 5.37. The van der Waals surface area contributed by atoms with Crippen molar-refractivity contribution in [2.24, 2.45) is 11.7 Å². The van der Waals surface area contributed by atoms with Gasteiger partial charge in [0.25, 0.3) is 0 Å². The van der Waals surface area contributed by atoms with E-state index in [-0.39, 0.29) is 11.9 Å². The quantitative estimate of drug-likeness (QED) is 0.890. The fraction of sp³-hybridized carbons (Fsp3) is 0.600. The molecule has 0 saturated carbocycles. The van der Waals surface area contributed by atoms with Gasteiger partial charge < -0.3 is 5.73 Å². The van der Waals surface area contributed by atoms with E-state index in [1.807, 2.05) is 6.07 Å². The highest BCUT2D eigenvalue weighted by Crippen LogP contribution is 2.23. The molecule has 18 heavy (non-hydrogen) atoms. The number of benzene rings is 1. The summed E-state index contributed by atoms with van der Waals surface area (Å²) < 4.78 is 13.9. The highest BCUT2D eigenvalue weighted by atomic mass is 19.1. The van der Waals surface area contributed by atoms with Gasteiger partial charge in [-0.25, -0.2) is 4.39 Å². The largest absolute Gasteiger partial charge is 0.328 e. The standard InChI is InChI=1S/C15H23FN2/c1-3-12-5-4-6-15(16)14(12)10-18-8-7-13(9-18)11(2)17/h4-6,11,13H,3,7-10,17H2,1-2H3. The number of hydrogen-bond acceptors (Lipinski definition) is 2. The maximum absolute atomic E-state index is 13.9. The van der Waals surface area contributed by atoms with E-state index in [1.54, 1.807) is 12.1 Å². The molecule has 2 atom stereocenters. The van der Waals surface area contributed by atoms with Crippen molar-refractivity contribution >= 4 is 0 Å². The maximum atomic E-state index is 13.9. The molecule has 2 nitrogen and oxygen atoms in total. The summed E-state index contributed by atoms with van der Waals surface area (Å²) in [6.45, 7) is 6.89. The molecule has 0 spiro atoms. The average Bonchev–Trinajstić information content (AvgIpc) is 2.80. The van der Waals surface area contributed by atoms with Crippen LogP contribution in [0, 0.1) is 11.7 Å². The Morgan fingerprint density at radius 2 is 2.28 bits per heavy atom. The minimum Gasteiger partial charge on any atom is -0.328 e. The van der Waals surface area contributed by atoms with Crippen molar-refractivity contribution in [3.8, 4) is 0 Å². The fourth-order valence-electron chi connectivity index (χ4n) is 2.77. The van der Waals surface area contributed by atoms with E-state index in [9.17, 15) is 4.39 Å². The summed E-state index contributed by atoms with van der Waals surface area (Å²) >= 11 is 0. The highest BCUT2D eigenvalue weighted by molar-refractivity contribution is 5.28. The van der Waals surface area contributed by atoms with Crippen LogP contribution >= 0.6 is 0 Å². The lowest BCUT2D eigenvalue weighted by Crippen LogP contribution is -2.29. The zero-order chi connectivity index (χ0) is 13.1. The monoisotopic (exact) mass is 250 g/mol. The van der Waals surface area contributed by atoms with Gasteiger partial charge in [-0.15, -0.1) is 0 Å². The smallest absolute Gasteiger partial charge is 0.127 e. The Hall–Kier alpha value is -0.930. The number of rotatable bonds is 4. The first kappa shape index (κ1) is 13.5. The molecule has 1 aromatic rings. The number of hydrogen-bond donors (Lipinski definition) is 1. The first-order valence-electron chi connectivity index (χ1n) is 6.86. The molecule has 0 amide bonds. The Morgan fingerprint density at radius 1 is 1.50 bits per heavy atom. The zero-order valence-corrected chi connectivity index (χ0v) is 11.3. The molecule has 1 aromatic carbocycles. The molecule has 0 radical (unpaired) electrons. The molecule has 0 bridgehead atoms. The molecule has 2 unspecified atom stereocenters. The van der Waals surface area contributed by atoms with Crippen LogP contribution in [-0.2, 0) is 13.0 Å². The molecule has 1 saturated heterocycles. The topological polar surface area (TPSA) is 29.3 Å². The van der Waals surface area contributed by atoms with Gasteiger partial charge in [-0.2, -0.15) is 0 Å². The van der Waals surface area contributed by atoms with Crippen molar-refractivity contribution in [1.82, 2.24) is 4.90 Å². The van der Waals surface area contributed by atoms with Crippen LogP contribution in [-0.4, -0.2) is 24.0 Å². The molecule has 1 aliphatic rings. The van der Waals surface area contributed by atoms with Gasteiger partial charge in [0.05, 0.1) is 0 Å². The van der Waals surface area contributed by atoms with Crippen LogP contribution in [0.2, 0.25) is 0 Å². The Labute approximate surface area is 109 Å². The second-order valence-electron chi connectivity index (χ2n) is 5.37. The van der Waals surface area contributed by atoms with E-state index in [0.717, 1.165) is 43.6 Å². The van der Waals surface area contributed by atoms with Gasteiger partial charge in [-0.1, -0.05) is 19.1 Å². The van der Waals surface area contributed by atoms with Gasteiger partial charge in [-0.05, 0) is 43.9 Å². The molecule has 1 heterocycles. The van der Waals surface area contributed by atoms with Gasteiger partial charge in [0.1, 0.15) is 5.82 Å². The summed E-state index contributed by atoms with van der Waals surface area (Å²) in [4.78, 5) is 2.33. The van der Waals surface area contributed by atoms with Crippen molar-refractivity contribution in [2.75, 3.05) is 13.1 Å². The number of halogens is 1. The SMILES string of the molecule is CCc1cccc(F)c1CN1CCC(C(C)N)C1. The van der Waals surface area contributed by atoms with E-state index < -0.39 is 0 Å². The number of likely N-dealkylation sites (tertiary alicyclic amines) is 1. The van der Waals surface area contributed by atoms with Crippen molar-refractivity contribution in [2.45, 2.75) is 39.3 Å². The second kappa shape index (κ2) is 5.81. The fourth-order valence-corrected chi connectivity index (χ4v) is 2.77. The number of nitrogens with zero attached hydrogens (tertiary/aromatic N) is 1. The minimum atomic E-state index is -0.0707. The molecule has 0 aromatic heterocycles. The van der Waals surface area contributed by atoms with E-state index in [0.29, 0.717) is 5.92 Å². The normalized spacial score (nSPS) is 22.3. The van der Waals surface area contributed by atoms with Gasteiger partial charge >= 0.3 is 0 Å². The average molecular weight is 250 g/mol. The van der Waals surface area contributed by atoms with Crippen LogP contribution in [0.3, 0.4) is 0 Å². The van der Waals surface area contributed by atoms with Gasteiger partial charge in [0.2, 0.25) is 0 Å². The molecule has 3 heteroatoms. The van der Waals surface area contributed by atoms with Crippen LogP contribution in [0.5, 0.6) is 0 Å². The molecule has 2 N–H and O–H groups in total. The van der Waals surface area contributed by atoms with Crippen LogP contribution in [0.1, 0.15) is 31.4 Å². The summed E-state index contributed by atoms with van der Waals surface area (Å²) in [6, 6.07) is 5.62. The maximum Gasteiger partial charge on any atom is 0.127 e. The third kappa shape index (κ3) is 2.90. The van der Waals surface area contributed by atoms with Crippen molar-refractivity contribution in [3.05, 3.63) is 35.1 Å². The van der Waals surface area contributed by atoms with Crippen LogP contribution in [0.15, 0.2) is 18.2 Å². The molecule has 2 rings (SSSR count). The lowest BCUT2D eigenvalue weighted by atomic mass is 10.0. The molecule has 100 valence electrons. The summed E-state index contributed by atoms with van der Waals surface area (Å²) in [6.07, 6.45) is 2.02. The first-order chi connectivity index (χ1) is 8.61. The number of nitrogens with two attached hydrogens (primary N) is 1. The van der Waals surface area contributed by atoms with Crippen molar-refractivity contribution < 1.29 is 4.39 Å². The van der Waals surface area contributed by atoms with E-state index >= 15 is 0 Å². The Balaban J connectivity index is 2.06. The third-order valence-electron chi connectivity index (χ3n) is 4.03. The summed E-state index contributed by atoms with van der Waals surface area (Å²) in [5.74, 6) is 0.487. The molecular weight excluding hydrogens is 227 g/mol. The molecule has 0 aliphatic carbocycles. The lowest BCUT2D eigenvalue weighted by Gasteiger charge is -2.19. The van der Waals surface area contributed by atoms with Crippen LogP contribution < -0.4 is 5.73 Å². The third-order valence-corrected chi connectivity index (χ3v) is 4.03. The van der Waals surface area contributed by atoms with Crippen molar-refractivity contribution in [1.29, 1.82) is 0 Å². The summed E-state index contributed by atoms with van der Waals surface area (Å²) in [5, 5.41) is 0. The Bertz CT molecular complexity index is 403. The molecule has 1 fully saturated rings. The predicted octanol–water partition coefficient (Wildman–Crippen LogP) is 2.56. The Morgan fingerprint density at radius 3 is 2.89 bits per heavy atom. The van der Waals surface area contributed by atoms with Gasteiger partial charge in [0, 0.05) is 24.7 Å². The first-order valence-corrected chi connectivity index (χ1v) is 6.86. The molecular formula is C15H23FN2. The van der Waals surface area contributed by atoms with Crippen LogP contribution in [0.4, 0.5) is 4.39 Å². The summed E-state index contributed by atoms with van der Waals surface area (Å²) in [7, 11) is 0. The molecule has 1 aliphatic heterocycles. The highest BCUT2D eigenvalue weighted by Gasteiger charge is 2.26. The van der Waals surface area contributed by atoms with Gasteiger partial charge in [-0.3, -0.25) is 4.90 Å². The van der Waals surface area contributed by atoms with E-state index in [1.165, 1.54) is 0 Å². The Kier molecular flexibility index (Phi) is 4.36.